The zero-order chi connectivity index (χ0) is 14.5. The minimum Gasteiger partial charge on any atom is -0.444 e. The summed E-state index contributed by atoms with van der Waals surface area (Å²) in [6.45, 7) is 0. The van der Waals surface area contributed by atoms with Crippen molar-refractivity contribution in [2.24, 2.45) is 5.10 Å². The van der Waals surface area contributed by atoms with Crippen molar-refractivity contribution in [1.82, 2.24) is 9.97 Å². The van der Waals surface area contributed by atoms with E-state index >= 15 is 0 Å². The third kappa shape index (κ3) is 3.14. The highest BCUT2D eigenvalue weighted by Crippen LogP contribution is 2.22. The molecular formula is C16H14N4O. The summed E-state index contributed by atoms with van der Waals surface area (Å²) < 4.78 is 5.26. The highest BCUT2D eigenvalue weighted by Gasteiger charge is 2.03. The summed E-state index contributed by atoms with van der Waals surface area (Å²) in [6.07, 6.45) is 8.40. The molecule has 3 aromatic rings. The largest absolute Gasteiger partial charge is 0.444 e. The molecule has 0 spiro atoms. The highest BCUT2D eigenvalue weighted by molar-refractivity contribution is 5.80. The van der Waals surface area contributed by atoms with E-state index < -0.39 is 0 Å². The molecule has 5 nitrogen and oxygen atoms in total. The van der Waals surface area contributed by atoms with Gasteiger partial charge in [0.25, 0.3) is 0 Å². The molecule has 21 heavy (non-hydrogen) atoms. The minimum absolute atomic E-state index is 0.754. The van der Waals surface area contributed by atoms with Gasteiger partial charge in [-0.3, -0.25) is 9.99 Å². The molecule has 0 N–H and O–H groups in total. The van der Waals surface area contributed by atoms with Gasteiger partial charge in [0.1, 0.15) is 0 Å². The maximum Gasteiger partial charge on any atom is 0.181 e. The molecule has 1 aromatic carbocycles. The summed E-state index contributed by atoms with van der Waals surface area (Å²) in [6, 6.07) is 11.8. The van der Waals surface area contributed by atoms with E-state index in [1.807, 2.05) is 48.5 Å². The molecule has 0 radical (unpaired) electrons. The molecule has 0 saturated heterocycles. The first-order valence-corrected chi connectivity index (χ1v) is 6.49. The summed E-state index contributed by atoms with van der Waals surface area (Å²) >= 11 is 0. The Labute approximate surface area is 122 Å². The molecule has 0 aliphatic carbocycles. The van der Waals surface area contributed by atoms with Gasteiger partial charge in [-0.2, -0.15) is 5.10 Å². The zero-order valence-corrected chi connectivity index (χ0v) is 11.5. The zero-order valence-electron chi connectivity index (χ0n) is 11.5. The van der Waals surface area contributed by atoms with Gasteiger partial charge in [0.2, 0.25) is 0 Å². The fourth-order valence-corrected chi connectivity index (χ4v) is 1.87. The molecule has 0 atom stereocenters. The van der Waals surface area contributed by atoms with Crippen LogP contribution in [-0.4, -0.2) is 23.2 Å². The third-order valence-corrected chi connectivity index (χ3v) is 3.04. The predicted octanol–water partition coefficient (Wildman–Crippen LogP) is 3.21. The molecular weight excluding hydrogens is 264 g/mol. The van der Waals surface area contributed by atoms with Crippen LogP contribution in [0.25, 0.3) is 11.3 Å². The second-order valence-corrected chi connectivity index (χ2v) is 4.46. The van der Waals surface area contributed by atoms with Crippen LogP contribution in [-0.2, 0) is 0 Å². The van der Waals surface area contributed by atoms with E-state index in [2.05, 4.69) is 15.1 Å². The Morgan fingerprint density at radius 3 is 2.48 bits per heavy atom. The first-order valence-electron chi connectivity index (χ1n) is 6.49. The Balaban J connectivity index is 1.73. The average molecular weight is 278 g/mol. The standard InChI is InChI=1S/C16H14N4O/c1-20(19-10-13-6-8-17-9-7-13)15-4-2-14(3-5-15)16-11-18-12-21-16/h2-12H,1H3/b19-10-. The number of oxazole rings is 1. The summed E-state index contributed by atoms with van der Waals surface area (Å²) in [5.74, 6) is 0.754. The summed E-state index contributed by atoms with van der Waals surface area (Å²) in [7, 11) is 1.90. The van der Waals surface area contributed by atoms with E-state index in [-0.39, 0.29) is 0 Å². The van der Waals surface area contributed by atoms with Gasteiger partial charge in [0.05, 0.1) is 18.1 Å². The lowest BCUT2D eigenvalue weighted by Crippen LogP contribution is -2.08. The molecule has 2 aromatic heterocycles. The highest BCUT2D eigenvalue weighted by atomic mass is 16.3. The van der Waals surface area contributed by atoms with E-state index in [9.17, 15) is 0 Å². The van der Waals surface area contributed by atoms with Gasteiger partial charge >= 0.3 is 0 Å². The van der Waals surface area contributed by atoms with Crippen molar-refractivity contribution in [1.29, 1.82) is 0 Å². The smallest absolute Gasteiger partial charge is 0.181 e. The van der Waals surface area contributed by atoms with Crippen LogP contribution in [0.4, 0.5) is 5.69 Å². The molecule has 0 fully saturated rings. The number of benzene rings is 1. The second kappa shape index (κ2) is 6.00. The Morgan fingerprint density at radius 1 is 1.05 bits per heavy atom. The van der Waals surface area contributed by atoms with Crippen LogP contribution in [0.1, 0.15) is 5.56 Å². The van der Waals surface area contributed by atoms with Crippen LogP contribution < -0.4 is 5.01 Å². The normalized spacial score (nSPS) is 10.9. The summed E-state index contributed by atoms with van der Waals surface area (Å²) in [4.78, 5) is 7.89. The lowest BCUT2D eigenvalue weighted by molar-refractivity contribution is 0.572. The Morgan fingerprint density at radius 2 is 1.81 bits per heavy atom. The third-order valence-electron chi connectivity index (χ3n) is 3.04. The first-order chi connectivity index (χ1) is 10.3. The summed E-state index contributed by atoms with van der Waals surface area (Å²) in [5, 5.41) is 6.21. The van der Waals surface area contributed by atoms with Crippen LogP contribution in [0.5, 0.6) is 0 Å². The van der Waals surface area contributed by atoms with E-state index in [4.69, 9.17) is 4.42 Å². The fraction of sp³-hybridized carbons (Fsp3) is 0.0625. The van der Waals surface area contributed by atoms with E-state index in [0.29, 0.717) is 0 Å². The Bertz CT molecular complexity index is 706. The first kappa shape index (κ1) is 13.1. The lowest BCUT2D eigenvalue weighted by Gasteiger charge is -2.12. The molecule has 0 unspecified atom stereocenters. The number of aromatic nitrogens is 2. The van der Waals surface area contributed by atoms with Crippen LogP contribution >= 0.6 is 0 Å². The van der Waals surface area contributed by atoms with Gasteiger partial charge in [-0.15, -0.1) is 0 Å². The van der Waals surface area contributed by atoms with Crippen LogP contribution in [0.15, 0.2) is 70.9 Å². The molecule has 2 heterocycles. The molecule has 0 saturated carbocycles. The Kier molecular flexibility index (Phi) is 3.73. The topological polar surface area (TPSA) is 54.5 Å². The molecule has 0 amide bonds. The van der Waals surface area contributed by atoms with Crippen molar-refractivity contribution in [3.8, 4) is 11.3 Å². The van der Waals surface area contributed by atoms with Crippen molar-refractivity contribution < 1.29 is 4.42 Å². The quantitative estimate of drug-likeness (QED) is 0.543. The number of hydrazone groups is 1. The van der Waals surface area contributed by atoms with Gasteiger partial charge in [0.15, 0.2) is 12.2 Å². The number of anilines is 1. The molecule has 3 rings (SSSR count). The number of rotatable bonds is 4. The van der Waals surface area contributed by atoms with Gasteiger partial charge in [-0.05, 0) is 42.0 Å². The molecule has 0 bridgehead atoms. The molecule has 104 valence electrons. The maximum absolute atomic E-state index is 5.26. The monoisotopic (exact) mass is 278 g/mol. The van der Waals surface area contributed by atoms with Gasteiger partial charge in [-0.25, -0.2) is 4.98 Å². The van der Waals surface area contributed by atoms with Crippen molar-refractivity contribution >= 4 is 11.9 Å². The van der Waals surface area contributed by atoms with Crippen molar-refractivity contribution in [2.45, 2.75) is 0 Å². The fourth-order valence-electron chi connectivity index (χ4n) is 1.87. The number of hydrogen-bond acceptors (Lipinski definition) is 5. The van der Waals surface area contributed by atoms with Crippen LogP contribution in [0.2, 0.25) is 0 Å². The number of nitrogens with zero attached hydrogens (tertiary/aromatic N) is 4. The number of hydrogen-bond donors (Lipinski definition) is 0. The maximum atomic E-state index is 5.26. The molecule has 0 aliphatic heterocycles. The Hall–Kier alpha value is -2.95. The predicted molar refractivity (Wildman–Crippen MR) is 82.2 cm³/mol. The van der Waals surface area contributed by atoms with E-state index in [1.165, 1.54) is 6.39 Å². The SMILES string of the molecule is CN(/N=C\c1ccncc1)c1ccc(-c2cnco2)cc1. The molecule has 0 aliphatic rings. The molecule has 5 heteroatoms. The van der Waals surface area contributed by atoms with Gasteiger partial charge in [-0.1, -0.05) is 0 Å². The average Bonchev–Trinajstić information content (AvgIpc) is 3.08. The van der Waals surface area contributed by atoms with Crippen molar-refractivity contribution in [2.75, 3.05) is 12.1 Å². The summed E-state index contributed by atoms with van der Waals surface area (Å²) in [5.41, 5.74) is 2.99. The van der Waals surface area contributed by atoms with E-state index in [1.54, 1.807) is 24.8 Å². The van der Waals surface area contributed by atoms with Crippen molar-refractivity contribution in [3.63, 3.8) is 0 Å². The minimum atomic E-state index is 0.754. The van der Waals surface area contributed by atoms with Crippen molar-refractivity contribution in [3.05, 3.63) is 66.9 Å². The van der Waals surface area contributed by atoms with Crippen LogP contribution in [0.3, 0.4) is 0 Å². The number of pyridine rings is 1. The van der Waals surface area contributed by atoms with E-state index in [0.717, 1.165) is 22.6 Å². The lowest BCUT2D eigenvalue weighted by atomic mass is 10.2. The van der Waals surface area contributed by atoms with Crippen LogP contribution in [0, 0.1) is 0 Å². The second-order valence-electron chi connectivity index (χ2n) is 4.46. The van der Waals surface area contributed by atoms with Gasteiger partial charge < -0.3 is 4.42 Å². The van der Waals surface area contributed by atoms with Gasteiger partial charge in [0, 0.05) is 25.0 Å².